The van der Waals surface area contributed by atoms with Gasteiger partial charge in [0.1, 0.15) is 5.54 Å². The summed E-state index contributed by atoms with van der Waals surface area (Å²) >= 11 is 0. The second-order valence-corrected chi connectivity index (χ2v) is 9.63. The van der Waals surface area contributed by atoms with Crippen molar-refractivity contribution >= 4 is 17.9 Å². The SMILES string of the molecule is CC(C)CC(OC(=O)NCc1ccccc1)C(=O)NC1(C#N)CCCN(Cc2ccccc2)C(=O)C1. The van der Waals surface area contributed by atoms with Crippen LogP contribution in [-0.4, -0.2) is 41.0 Å². The van der Waals surface area contributed by atoms with Gasteiger partial charge in [0.2, 0.25) is 5.91 Å². The molecule has 0 radical (unpaired) electrons. The minimum atomic E-state index is -1.35. The number of amides is 3. The van der Waals surface area contributed by atoms with E-state index in [9.17, 15) is 19.6 Å². The maximum Gasteiger partial charge on any atom is 0.408 e. The molecule has 8 heteroatoms. The first kappa shape index (κ1) is 26.7. The van der Waals surface area contributed by atoms with Crippen molar-refractivity contribution in [2.45, 2.75) is 64.3 Å². The first-order valence-corrected chi connectivity index (χ1v) is 12.3. The third-order valence-electron chi connectivity index (χ3n) is 6.14. The zero-order valence-corrected chi connectivity index (χ0v) is 20.9. The van der Waals surface area contributed by atoms with Gasteiger partial charge in [0.25, 0.3) is 5.91 Å². The number of carbonyl (C=O) groups excluding carboxylic acids is 3. The van der Waals surface area contributed by atoms with E-state index in [1.54, 1.807) is 4.90 Å². The lowest BCUT2D eigenvalue weighted by Crippen LogP contribution is -2.53. The van der Waals surface area contributed by atoms with Crippen molar-refractivity contribution in [3.05, 3.63) is 71.8 Å². The normalized spacial score (nSPS) is 18.6. The summed E-state index contributed by atoms with van der Waals surface area (Å²) in [6.07, 6.45) is -0.723. The summed E-state index contributed by atoms with van der Waals surface area (Å²) in [5.74, 6) is -0.692. The molecular weight excluding hydrogens is 456 g/mol. The Morgan fingerprint density at radius 1 is 1.08 bits per heavy atom. The van der Waals surface area contributed by atoms with Crippen molar-refractivity contribution < 1.29 is 19.1 Å². The molecule has 2 unspecified atom stereocenters. The molecular formula is C28H34N4O4. The van der Waals surface area contributed by atoms with Crippen LogP contribution in [0.3, 0.4) is 0 Å². The molecule has 190 valence electrons. The molecule has 0 saturated carbocycles. The molecule has 1 heterocycles. The van der Waals surface area contributed by atoms with Gasteiger partial charge in [0, 0.05) is 19.6 Å². The van der Waals surface area contributed by atoms with Crippen molar-refractivity contribution in [3.8, 4) is 6.07 Å². The Morgan fingerprint density at radius 2 is 1.72 bits per heavy atom. The molecule has 2 N–H and O–H groups in total. The van der Waals surface area contributed by atoms with E-state index in [0.29, 0.717) is 32.4 Å². The Balaban J connectivity index is 1.64. The first-order valence-electron chi connectivity index (χ1n) is 12.3. The molecule has 36 heavy (non-hydrogen) atoms. The number of hydrogen-bond donors (Lipinski definition) is 2. The van der Waals surface area contributed by atoms with Crippen molar-refractivity contribution in [3.63, 3.8) is 0 Å². The second-order valence-electron chi connectivity index (χ2n) is 9.63. The van der Waals surface area contributed by atoms with Crippen LogP contribution in [0.4, 0.5) is 4.79 Å². The highest BCUT2D eigenvalue weighted by molar-refractivity contribution is 5.86. The summed E-state index contributed by atoms with van der Waals surface area (Å²) in [6.45, 7) is 5.06. The molecule has 1 fully saturated rings. The van der Waals surface area contributed by atoms with Gasteiger partial charge in [-0.2, -0.15) is 5.26 Å². The molecule has 0 bridgehead atoms. The molecule has 1 saturated heterocycles. The summed E-state index contributed by atoms with van der Waals surface area (Å²) in [4.78, 5) is 40.4. The van der Waals surface area contributed by atoms with E-state index in [1.807, 2.05) is 74.5 Å². The molecule has 2 atom stereocenters. The van der Waals surface area contributed by atoms with Crippen LogP contribution >= 0.6 is 0 Å². The molecule has 2 aromatic rings. The number of rotatable bonds is 9. The zero-order chi connectivity index (χ0) is 26.0. The molecule has 3 rings (SSSR count). The number of nitrogens with zero attached hydrogens (tertiary/aromatic N) is 2. The van der Waals surface area contributed by atoms with Crippen LogP contribution in [0.1, 0.15) is 50.7 Å². The van der Waals surface area contributed by atoms with Crippen LogP contribution in [0.5, 0.6) is 0 Å². The van der Waals surface area contributed by atoms with Gasteiger partial charge < -0.3 is 20.3 Å². The van der Waals surface area contributed by atoms with Gasteiger partial charge in [-0.15, -0.1) is 0 Å². The fraction of sp³-hybridized carbons (Fsp3) is 0.429. The number of benzene rings is 2. The van der Waals surface area contributed by atoms with Crippen LogP contribution in [0, 0.1) is 17.2 Å². The van der Waals surface area contributed by atoms with E-state index < -0.39 is 23.6 Å². The van der Waals surface area contributed by atoms with Crippen LogP contribution in [0.25, 0.3) is 0 Å². The van der Waals surface area contributed by atoms with E-state index in [4.69, 9.17) is 4.74 Å². The number of ether oxygens (including phenoxy) is 1. The summed E-state index contributed by atoms with van der Waals surface area (Å²) in [5, 5.41) is 15.4. The standard InChI is InChI=1S/C28H34N4O4/c1-21(2)16-24(36-27(35)30-18-22-10-5-3-6-11-22)26(34)31-28(20-29)14-9-15-32(25(33)17-28)19-23-12-7-4-8-13-23/h3-8,10-13,21,24H,9,14-19H2,1-2H3,(H,30,35)(H,31,34). The maximum atomic E-state index is 13.2. The van der Waals surface area contributed by atoms with Crippen LogP contribution in [-0.2, 0) is 27.4 Å². The average molecular weight is 491 g/mol. The number of hydrogen-bond acceptors (Lipinski definition) is 5. The number of nitriles is 1. The van der Waals surface area contributed by atoms with Crippen molar-refractivity contribution in [1.82, 2.24) is 15.5 Å². The Labute approximate surface area is 212 Å². The minimum absolute atomic E-state index is 0.0674. The molecule has 0 aliphatic carbocycles. The largest absolute Gasteiger partial charge is 0.436 e. The van der Waals surface area contributed by atoms with Gasteiger partial charge in [0.05, 0.1) is 12.5 Å². The van der Waals surface area contributed by atoms with Gasteiger partial charge in [-0.3, -0.25) is 9.59 Å². The lowest BCUT2D eigenvalue weighted by Gasteiger charge is -2.29. The zero-order valence-electron chi connectivity index (χ0n) is 20.9. The van der Waals surface area contributed by atoms with E-state index in [1.165, 1.54) is 0 Å². The predicted octanol–water partition coefficient (Wildman–Crippen LogP) is 3.92. The average Bonchev–Trinajstić information content (AvgIpc) is 3.02. The fourth-order valence-electron chi connectivity index (χ4n) is 4.25. The van der Waals surface area contributed by atoms with Crippen LogP contribution in [0.15, 0.2) is 60.7 Å². The van der Waals surface area contributed by atoms with E-state index in [-0.39, 0.29) is 24.8 Å². The maximum absolute atomic E-state index is 13.2. The Hall–Kier alpha value is -3.86. The topological polar surface area (TPSA) is 112 Å². The van der Waals surface area contributed by atoms with E-state index in [2.05, 4.69) is 16.7 Å². The molecule has 1 aliphatic rings. The van der Waals surface area contributed by atoms with Gasteiger partial charge in [-0.1, -0.05) is 74.5 Å². The third kappa shape index (κ3) is 7.84. The van der Waals surface area contributed by atoms with Gasteiger partial charge in [-0.05, 0) is 36.3 Å². The molecule has 2 aromatic carbocycles. The van der Waals surface area contributed by atoms with Crippen LogP contribution in [0.2, 0.25) is 0 Å². The summed E-state index contributed by atoms with van der Waals surface area (Å²) in [6, 6.07) is 21.2. The smallest absolute Gasteiger partial charge is 0.408 e. The van der Waals surface area contributed by atoms with Crippen molar-refractivity contribution in [1.29, 1.82) is 5.26 Å². The highest BCUT2D eigenvalue weighted by Crippen LogP contribution is 2.25. The minimum Gasteiger partial charge on any atom is -0.436 e. The van der Waals surface area contributed by atoms with E-state index >= 15 is 0 Å². The lowest BCUT2D eigenvalue weighted by atomic mass is 9.91. The van der Waals surface area contributed by atoms with Gasteiger partial charge >= 0.3 is 6.09 Å². The highest BCUT2D eigenvalue weighted by atomic mass is 16.6. The summed E-state index contributed by atoms with van der Waals surface area (Å²) in [7, 11) is 0. The quantitative estimate of drug-likeness (QED) is 0.553. The molecule has 0 aromatic heterocycles. The van der Waals surface area contributed by atoms with Crippen molar-refractivity contribution in [2.75, 3.05) is 6.54 Å². The second kappa shape index (κ2) is 12.7. The Kier molecular flexibility index (Phi) is 9.46. The van der Waals surface area contributed by atoms with E-state index in [0.717, 1.165) is 11.1 Å². The molecule has 0 spiro atoms. The van der Waals surface area contributed by atoms with Gasteiger partial charge in [0.15, 0.2) is 6.10 Å². The molecule has 1 aliphatic heterocycles. The fourth-order valence-corrected chi connectivity index (χ4v) is 4.25. The lowest BCUT2D eigenvalue weighted by molar-refractivity contribution is -0.134. The Morgan fingerprint density at radius 3 is 2.33 bits per heavy atom. The summed E-state index contributed by atoms with van der Waals surface area (Å²) < 4.78 is 5.47. The van der Waals surface area contributed by atoms with Gasteiger partial charge in [-0.25, -0.2) is 4.79 Å². The number of carbonyl (C=O) groups is 3. The Bertz CT molecular complexity index is 1070. The molecule has 8 nitrogen and oxygen atoms in total. The first-order chi connectivity index (χ1) is 17.3. The third-order valence-corrected chi connectivity index (χ3v) is 6.14. The van der Waals surface area contributed by atoms with Crippen LogP contribution < -0.4 is 10.6 Å². The number of likely N-dealkylation sites (tertiary alicyclic amines) is 1. The molecule has 3 amide bonds. The van der Waals surface area contributed by atoms with Crippen molar-refractivity contribution in [2.24, 2.45) is 5.92 Å². The number of nitrogens with one attached hydrogen (secondary N) is 2. The summed E-state index contributed by atoms with van der Waals surface area (Å²) in [5.41, 5.74) is 0.560. The number of alkyl carbamates (subject to hydrolysis) is 1. The predicted molar refractivity (Wildman–Crippen MR) is 135 cm³/mol. The highest BCUT2D eigenvalue weighted by Gasteiger charge is 2.40. The monoisotopic (exact) mass is 490 g/mol.